The van der Waals surface area contributed by atoms with Gasteiger partial charge in [-0.2, -0.15) is 0 Å². The minimum atomic E-state index is -0.503. The molecule has 4 aromatic rings. The second kappa shape index (κ2) is 9.02. The summed E-state index contributed by atoms with van der Waals surface area (Å²) in [5.74, 6) is -0.401. The second-order valence-corrected chi connectivity index (χ2v) is 6.91. The number of hydrogen-bond acceptors (Lipinski definition) is 7. The van der Waals surface area contributed by atoms with Gasteiger partial charge in [-0.25, -0.2) is 4.68 Å². The molecule has 0 saturated heterocycles. The number of nitro groups is 2. The Hall–Kier alpha value is -4.99. The molecule has 1 heterocycles. The van der Waals surface area contributed by atoms with Crippen molar-refractivity contribution in [2.75, 3.05) is 0 Å². The Kier molecular flexibility index (Phi) is 5.81. The molecule has 0 fully saturated rings. The van der Waals surface area contributed by atoms with Crippen LogP contribution in [0, 0.1) is 20.2 Å². The number of hydrogen-bond donors (Lipinski definition) is 0. The number of nitrogens with zero attached hydrogens (tertiary/aromatic N) is 5. The van der Waals surface area contributed by atoms with Crippen LogP contribution in [-0.4, -0.2) is 30.6 Å². The zero-order valence-corrected chi connectivity index (χ0v) is 16.9. The van der Waals surface area contributed by atoms with Crippen LogP contribution in [0.5, 0.6) is 0 Å². The van der Waals surface area contributed by atoms with Crippen LogP contribution in [0.1, 0.15) is 11.1 Å². The fourth-order valence-corrected chi connectivity index (χ4v) is 3.10. The van der Waals surface area contributed by atoms with E-state index in [9.17, 15) is 25.0 Å². The summed E-state index contributed by atoms with van der Waals surface area (Å²) >= 11 is 0. The van der Waals surface area contributed by atoms with Gasteiger partial charge in [0.15, 0.2) is 0 Å². The predicted octanol–water partition coefficient (Wildman–Crippen LogP) is 4.53. The Morgan fingerprint density at radius 1 is 0.818 bits per heavy atom. The van der Waals surface area contributed by atoms with Crippen LogP contribution >= 0.6 is 0 Å². The Bertz CT molecular complexity index is 1420. The summed E-state index contributed by atoms with van der Waals surface area (Å²) in [5, 5.41) is 29.9. The van der Waals surface area contributed by atoms with Crippen molar-refractivity contribution in [1.29, 1.82) is 0 Å². The van der Waals surface area contributed by atoms with Gasteiger partial charge in [0.1, 0.15) is 11.2 Å². The zero-order valence-electron chi connectivity index (χ0n) is 16.9. The van der Waals surface area contributed by atoms with Gasteiger partial charge in [0.25, 0.3) is 11.4 Å². The molecule has 0 N–H and O–H groups in total. The van der Waals surface area contributed by atoms with Crippen LogP contribution in [0.2, 0.25) is 0 Å². The smallest absolute Gasteiger partial charge is 0.269 e. The number of nitro benzene ring substituents is 2. The third-order valence-corrected chi connectivity index (χ3v) is 4.77. The molecule has 10 nitrogen and oxygen atoms in total. The number of ketones is 1. The van der Waals surface area contributed by atoms with E-state index in [0.29, 0.717) is 22.2 Å². The molecule has 0 amide bonds. The molecule has 0 unspecified atom stereocenters. The number of aromatic nitrogens is 3. The predicted molar refractivity (Wildman–Crippen MR) is 122 cm³/mol. The monoisotopic (exact) mass is 441 g/mol. The van der Waals surface area contributed by atoms with Gasteiger partial charge >= 0.3 is 0 Å². The number of allylic oxidation sites excluding steroid dienone is 2. The summed E-state index contributed by atoms with van der Waals surface area (Å²) in [6, 6.07) is 18.7. The lowest BCUT2D eigenvalue weighted by molar-refractivity contribution is -0.385. The number of para-hydroxylation sites is 1. The Morgan fingerprint density at radius 3 is 2.00 bits per heavy atom. The minimum absolute atomic E-state index is 0.0497. The molecule has 162 valence electrons. The van der Waals surface area contributed by atoms with E-state index in [4.69, 9.17) is 0 Å². The maximum absolute atomic E-state index is 13.2. The highest BCUT2D eigenvalue weighted by molar-refractivity contribution is 6.26. The molecule has 0 radical (unpaired) electrons. The highest BCUT2D eigenvalue weighted by Gasteiger charge is 2.15. The molecule has 0 aliphatic carbocycles. The van der Waals surface area contributed by atoms with E-state index in [1.54, 1.807) is 30.3 Å². The molecule has 0 atom stereocenters. The molecule has 0 saturated carbocycles. The maximum atomic E-state index is 13.2. The van der Waals surface area contributed by atoms with Crippen molar-refractivity contribution in [3.8, 4) is 0 Å². The van der Waals surface area contributed by atoms with Crippen molar-refractivity contribution in [1.82, 2.24) is 15.0 Å². The number of benzene rings is 3. The largest absolute Gasteiger partial charge is 0.288 e. The van der Waals surface area contributed by atoms with Gasteiger partial charge in [-0.05, 0) is 59.7 Å². The Morgan fingerprint density at radius 2 is 1.39 bits per heavy atom. The first kappa shape index (κ1) is 21.2. The average Bonchev–Trinajstić information content (AvgIpc) is 3.25. The normalized spacial score (nSPS) is 11.7. The van der Waals surface area contributed by atoms with Crippen molar-refractivity contribution in [2.24, 2.45) is 0 Å². The van der Waals surface area contributed by atoms with Gasteiger partial charge in [-0.3, -0.25) is 25.0 Å². The SMILES string of the molecule is O=C(/C=C/c1ccc([N+](=O)[O-])cc1)/C(=C/c1ccc([N+](=O)[O-])cc1)n1nnc2ccccc21. The van der Waals surface area contributed by atoms with Crippen LogP contribution in [0.25, 0.3) is 28.9 Å². The van der Waals surface area contributed by atoms with Crippen molar-refractivity contribution < 1.29 is 14.6 Å². The molecule has 33 heavy (non-hydrogen) atoms. The molecule has 3 aromatic carbocycles. The van der Waals surface area contributed by atoms with Crippen molar-refractivity contribution >= 4 is 46.0 Å². The first-order valence-corrected chi connectivity index (χ1v) is 9.66. The Balaban J connectivity index is 1.72. The number of carbonyl (C=O) groups excluding carboxylic acids is 1. The van der Waals surface area contributed by atoms with Crippen molar-refractivity contribution in [3.63, 3.8) is 0 Å². The van der Waals surface area contributed by atoms with E-state index < -0.39 is 15.6 Å². The first-order chi connectivity index (χ1) is 15.9. The molecule has 4 rings (SSSR count). The fourth-order valence-electron chi connectivity index (χ4n) is 3.10. The first-order valence-electron chi connectivity index (χ1n) is 9.66. The molecular formula is C23H15N5O5. The molecule has 0 aliphatic heterocycles. The van der Waals surface area contributed by atoms with E-state index in [0.717, 1.165) is 0 Å². The third kappa shape index (κ3) is 4.69. The number of fused-ring (bicyclic) bond motifs is 1. The van der Waals surface area contributed by atoms with E-state index in [1.165, 1.54) is 65.4 Å². The van der Waals surface area contributed by atoms with Crippen molar-refractivity contribution in [3.05, 3.63) is 110 Å². The van der Waals surface area contributed by atoms with E-state index in [1.807, 2.05) is 0 Å². The standard InChI is InChI=1S/C23H15N5O5/c29-23(14-9-16-5-10-18(11-6-16)27(30)31)22(15-17-7-12-19(13-8-17)28(32)33)26-21-4-2-1-3-20(21)24-25-26/h1-15H/b14-9+,22-15-. The molecule has 0 aliphatic rings. The number of carbonyl (C=O) groups is 1. The number of non-ortho nitro benzene ring substituents is 2. The third-order valence-electron chi connectivity index (χ3n) is 4.77. The zero-order chi connectivity index (χ0) is 23.4. The van der Waals surface area contributed by atoms with Gasteiger partial charge in [0, 0.05) is 24.3 Å². The lowest BCUT2D eigenvalue weighted by Gasteiger charge is -2.06. The van der Waals surface area contributed by atoms with Crippen molar-refractivity contribution in [2.45, 2.75) is 0 Å². The van der Waals surface area contributed by atoms with E-state index >= 15 is 0 Å². The molecular weight excluding hydrogens is 426 g/mol. The topological polar surface area (TPSA) is 134 Å². The minimum Gasteiger partial charge on any atom is -0.288 e. The lowest BCUT2D eigenvalue weighted by atomic mass is 10.1. The molecule has 1 aromatic heterocycles. The summed E-state index contributed by atoms with van der Waals surface area (Å²) in [4.78, 5) is 33.9. The van der Waals surface area contributed by atoms with Gasteiger partial charge in [0.2, 0.25) is 5.78 Å². The lowest BCUT2D eigenvalue weighted by Crippen LogP contribution is -2.08. The summed E-state index contributed by atoms with van der Waals surface area (Å²) in [6.45, 7) is 0. The van der Waals surface area contributed by atoms with Crippen LogP contribution in [-0.2, 0) is 4.79 Å². The van der Waals surface area contributed by atoms with Crippen LogP contribution in [0.4, 0.5) is 11.4 Å². The highest BCUT2D eigenvalue weighted by atomic mass is 16.6. The maximum Gasteiger partial charge on any atom is 0.269 e. The number of rotatable bonds is 7. The van der Waals surface area contributed by atoms with Crippen LogP contribution in [0.3, 0.4) is 0 Å². The summed E-state index contributed by atoms with van der Waals surface area (Å²) in [6.07, 6.45) is 4.43. The highest BCUT2D eigenvalue weighted by Crippen LogP contribution is 2.21. The second-order valence-electron chi connectivity index (χ2n) is 6.91. The van der Waals surface area contributed by atoms with E-state index in [-0.39, 0.29) is 17.1 Å². The fraction of sp³-hybridized carbons (Fsp3) is 0. The molecule has 0 spiro atoms. The van der Waals surface area contributed by atoms with Gasteiger partial charge in [-0.15, -0.1) is 5.10 Å². The van der Waals surface area contributed by atoms with Crippen LogP contribution in [0.15, 0.2) is 78.9 Å². The van der Waals surface area contributed by atoms with Gasteiger partial charge in [-0.1, -0.05) is 23.4 Å². The average molecular weight is 441 g/mol. The summed E-state index contributed by atoms with van der Waals surface area (Å²) in [5.41, 5.74) is 2.44. The van der Waals surface area contributed by atoms with Gasteiger partial charge in [0.05, 0.1) is 15.4 Å². The van der Waals surface area contributed by atoms with Gasteiger partial charge < -0.3 is 0 Å². The quantitative estimate of drug-likeness (QED) is 0.234. The van der Waals surface area contributed by atoms with Crippen LogP contribution < -0.4 is 0 Å². The molecule has 10 heteroatoms. The summed E-state index contributed by atoms with van der Waals surface area (Å²) < 4.78 is 1.40. The van der Waals surface area contributed by atoms with E-state index in [2.05, 4.69) is 10.3 Å². The Labute approximate surface area is 186 Å². The summed E-state index contributed by atoms with van der Waals surface area (Å²) in [7, 11) is 0. The molecule has 0 bridgehead atoms.